The van der Waals surface area contributed by atoms with Crippen molar-refractivity contribution in [3.05, 3.63) is 48.3 Å². The second-order valence-corrected chi connectivity index (χ2v) is 6.05. The predicted octanol–water partition coefficient (Wildman–Crippen LogP) is 4.38. The summed E-state index contributed by atoms with van der Waals surface area (Å²) in [5, 5.41) is 0. The van der Waals surface area contributed by atoms with Gasteiger partial charge in [0.2, 0.25) is 5.91 Å². The van der Waals surface area contributed by atoms with Gasteiger partial charge < -0.3 is 14.5 Å². The van der Waals surface area contributed by atoms with Crippen LogP contribution >= 0.6 is 11.9 Å². The van der Waals surface area contributed by atoms with Crippen molar-refractivity contribution < 1.29 is 9.18 Å². The van der Waals surface area contributed by atoms with E-state index in [0.29, 0.717) is 6.54 Å². The summed E-state index contributed by atoms with van der Waals surface area (Å²) in [6.45, 7) is 4.37. The lowest BCUT2D eigenvalue weighted by Gasteiger charge is -2.33. The van der Waals surface area contributed by atoms with Gasteiger partial charge in [-0.1, -0.05) is 13.8 Å². The fraction of sp³-hybridized carbons (Fsp3) is 0.278. The first kappa shape index (κ1) is 18.1. The van der Waals surface area contributed by atoms with Crippen LogP contribution in [0.5, 0.6) is 0 Å². The molecule has 0 saturated heterocycles. The fourth-order valence-corrected chi connectivity index (χ4v) is 2.96. The number of likely N-dealkylation sites (N-methyl/N-ethyl adjacent to an activating group) is 2. The summed E-state index contributed by atoms with van der Waals surface area (Å²) >= 11 is 1.42. The highest BCUT2D eigenvalue weighted by atomic mass is 32.2. The van der Waals surface area contributed by atoms with Crippen LogP contribution in [0.2, 0.25) is 0 Å². The van der Waals surface area contributed by atoms with Crippen LogP contribution in [0.25, 0.3) is 0 Å². The first-order valence-corrected chi connectivity index (χ1v) is 8.66. The number of hydrogen-bond acceptors (Lipinski definition) is 4. The topological polar surface area (TPSA) is 35.6 Å². The zero-order chi connectivity index (χ0) is 17.7. The maximum absolute atomic E-state index is 12.9. The Morgan fingerprint density at radius 3 is 2.38 bits per heavy atom. The average Bonchev–Trinajstić information content (AvgIpc) is 2.61. The molecular weight excluding hydrogens is 325 g/mol. The molecule has 2 aromatic carbocycles. The molecule has 0 radical (unpaired) electrons. The summed E-state index contributed by atoms with van der Waals surface area (Å²) in [6.07, 6.45) is 0. The largest absolute Gasteiger partial charge is 0.364 e. The highest BCUT2D eigenvalue weighted by molar-refractivity contribution is 8.00. The van der Waals surface area contributed by atoms with Crippen molar-refractivity contribution in [1.29, 1.82) is 0 Å². The second kappa shape index (κ2) is 8.06. The van der Waals surface area contributed by atoms with Gasteiger partial charge in [0, 0.05) is 24.7 Å². The number of benzene rings is 2. The van der Waals surface area contributed by atoms with Gasteiger partial charge in [-0.15, -0.1) is 0 Å². The molecule has 128 valence electrons. The Morgan fingerprint density at radius 2 is 1.71 bits per heavy atom. The van der Waals surface area contributed by atoms with Gasteiger partial charge in [0.15, 0.2) is 0 Å². The van der Waals surface area contributed by atoms with E-state index in [4.69, 9.17) is 0 Å². The summed E-state index contributed by atoms with van der Waals surface area (Å²) in [6, 6.07) is 12.2. The molecule has 1 amide bonds. The van der Waals surface area contributed by atoms with E-state index in [1.807, 2.05) is 44.0 Å². The number of hydrogen-bond donors (Lipinski definition) is 1. The molecule has 1 aliphatic heterocycles. The van der Waals surface area contributed by atoms with Crippen molar-refractivity contribution in [3.8, 4) is 0 Å². The molecule has 0 saturated carbocycles. The molecule has 24 heavy (non-hydrogen) atoms. The van der Waals surface area contributed by atoms with Gasteiger partial charge in [-0.25, -0.2) is 4.39 Å². The van der Waals surface area contributed by atoms with Crippen molar-refractivity contribution in [1.82, 2.24) is 0 Å². The molecule has 4 nitrogen and oxygen atoms in total. The van der Waals surface area contributed by atoms with Crippen molar-refractivity contribution in [2.24, 2.45) is 0 Å². The van der Waals surface area contributed by atoms with Crippen LogP contribution in [-0.4, -0.2) is 26.5 Å². The minimum absolute atomic E-state index is 0.0800. The summed E-state index contributed by atoms with van der Waals surface area (Å²) in [5.74, 6) is -0.163. The molecule has 3 rings (SSSR count). The van der Waals surface area contributed by atoms with Gasteiger partial charge >= 0.3 is 0 Å². The number of carbonyl (C=O) groups is 1. The molecule has 0 fully saturated rings. The normalized spacial score (nSPS) is 13.1. The molecule has 6 heteroatoms. The van der Waals surface area contributed by atoms with E-state index in [2.05, 4.69) is 4.72 Å². The predicted molar refractivity (Wildman–Crippen MR) is 100 cm³/mol. The first-order valence-electron chi connectivity index (χ1n) is 7.85. The molecule has 1 aliphatic rings. The van der Waals surface area contributed by atoms with Crippen LogP contribution < -0.4 is 14.5 Å². The smallest absolute Gasteiger partial charge is 0.246 e. The molecule has 0 aliphatic carbocycles. The van der Waals surface area contributed by atoms with Crippen molar-refractivity contribution in [3.63, 3.8) is 0 Å². The minimum Gasteiger partial charge on any atom is -0.364 e. The number of rotatable bonds is 3. The second-order valence-electron chi connectivity index (χ2n) is 5.17. The number of nitrogens with zero attached hydrogens (tertiary/aromatic N) is 2. The van der Waals surface area contributed by atoms with Crippen LogP contribution in [0.1, 0.15) is 13.8 Å². The molecule has 1 N–H and O–H groups in total. The van der Waals surface area contributed by atoms with E-state index in [1.54, 1.807) is 24.1 Å². The molecular formula is C18H22FN3OS. The molecule has 2 aromatic rings. The lowest BCUT2D eigenvalue weighted by molar-refractivity contribution is -0.117. The zero-order valence-corrected chi connectivity index (χ0v) is 15.2. The summed E-state index contributed by atoms with van der Waals surface area (Å²) < 4.78 is 16.1. The van der Waals surface area contributed by atoms with Crippen LogP contribution in [0.15, 0.2) is 47.4 Å². The van der Waals surface area contributed by atoms with E-state index in [0.717, 1.165) is 22.0 Å². The molecule has 0 unspecified atom stereocenters. The van der Waals surface area contributed by atoms with E-state index < -0.39 is 0 Å². The molecule has 0 bridgehead atoms. The maximum atomic E-state index is 12.9. The van der Waals surface area contributed by atoms with Gasteiger partial charge in [0.25, 0.3) is 0 Å². The third-order valence-electron chi connectivity index (χ3n) is 3.59. The van der Waals surface area contributed by atoms with Gasteiger partial charge in [-0.05, 0) is 54.4 Å². The van der Waals surface area contributed by atoms with Crippen molar-refractivity contribution in [2.45, 2.75) is 18.7 Å². The third kappa shape index (κ3) is 4.00. The Bertz CT molecular complexity index is 706. The standard InChI is InChI=1S/C16H16FN3OS.C2H6/c1-19-10-16(21)20(2)14-8-5-12(9-15(14)19)18-22-13-6-3-11(17)4-7-13;1-2/h3-9,18H,10H2,1-2H3;1-2H3. The summed E-state index contributed by atoms with van der Waals surface area (Å²) in [5.41, 5.74) is 2.84. The number of fused-ring (bicyclic) bond motifs is 1. The Balaban J connectivity index is 0.00000100. The lowest BCUT2D eigenvalue weighted by Crippen LogP contribution is -2.41. The molecule has 0 atom stereocenters. The Labute approximate surface area is 146 Å². The van der Waals surface area contributed by atoms with Crippen molar-refractivity contribution >= 4 is 34.9 Å². The van der Waals surface area contributed by atoms with Gasteiger partial charge in [0.1, 0.15) is 5.82 Å². The van der Waals surface area contributed by atoms with E-state index in [-0.39, 0.29) is 11.7 Å². The van der Waals surface area contributed by atoms with E-state index in [9.17, 15) is 9.18 Å². The molecule has 1 heterocycles. The monoisotopic (exact) mass is 347 g/mol. The van der Waals surface area contributed by atoms with Gasteiger partial charge in [0.05, 0.1) is 17.9 Å². The van der Waals surface area contributed by atoms with E-state index >= 15 is 0 Å². The molecule has 0 spiro atoms. The maximum Gasteiger partial charge on any atom is 0.246 e. The summed E-state index contributed by atoms with van der Waals surface area (Å²) in [4.78, 5) is 16.4. The molecule has 0 aromatic heterocycles. The fourth-order valence-electron chi connectivity index (χ4n) is 2.33. The van der Waals surface area contributed by atoms with Crippen LogP contribution in [0, 0.1) is 5.82 Å². The average molecular weight is 347 g/mol. The zero-order valence-electron chi connectivity index (χ0n) is 14.3. The number of halogens is 1. The van der Waals surface area contributed by atoms with Crippen LogP contribution in [-0.2, 0) is 4.79 Å². The van der Waals surface area contributed by atoms with Gasteiger partial charge in [-0.2, -0.15) is 0 Å². The number of carbonyl (C=O) groups excluding carboxylic acids is 1. The SMILES string of the molecule is CC.CN1CC(=O)N(C)c2ccc(NSc3ccc(F)cc3)cc21. The Morgan fingerprint density at radius 1 is 1.04 bits per heavy atom. The lowest BCUT2D eigenvalue weighted by atomic mass is 10.1. The van der Waals surface area contributed by atoms with Gasteiger partial charge in [-0.3, -0.25) is 4.79 Å². The third-order valence-corrected chi connectivity index (χ3v) is 4.44. The highest BCUT2D eigenvalue weighted by Gasteiger charge is 2.24. The number of amides is 1. The van der Waals surface area contributed by atoms with E-state index in [1.165, 1.54) is 24.1 Å². The quantitative estimate of drug-likeness (QED) is 0.836. The van der Waals surface area contributed by atoms with Crippen molar-refractivity contribution in [2.75, 3.05) is 35.2 Å². The Hall–Kier alpha value is -2.21. The number of nitrogens with one attached hydrogen (secondary N) is 1. The number of anilines is 3. The van der Waals surface area contributed by atoms with Crippen LogP contribution in [0.4, 0.5) is 21.5 Å². The minimum atomic E-state index is -0.243. The highest BCUT2D eigenvalue weighted by Crippen LogP contribution is 2.35. The first-order chi connectivity index (χ1) is 11.5. The summed E-state index contributed by atoms with van der Waals surface area (Å²) in [7, 11) is 3.69. The van der Waals surface area contributed by atoms with Crippen LogP contribution in [0.3, 0.4) is 0 Å². The Kier molecular flexibility index (Phi) is 6.09.